The monoisotopic (exact) mass is 233 g/mol. The van der Waals surface area contributed by atoms with Gasteiger partial charge in [0.05, 0.1) is 7.11 Å². The molecule has 3 heteroatoms. The van der Waals surface area contributed by atoms with E-state index in [4.69, 9.17) is 15.2 Å². The molecular formula is C14H19NO2. The molecule has 92 valence electrons. The van der Waals surface area contributed by atoms with Crippen molar-refractivity contribution in [1.82, 2.24) is 0 Å². The van der Waals surface area contributed by atoms with Gasteiger partial charge in [0.15, 0.2) is 0 Å². The summed E-state index contributed by atoms with van der Waals surface area (Å²) in [4.78, 5) is 0. The van der Waals surface area contributed by atoms with Gasteiger partial charge in [0.25, 0.3) is 0 Å². The van der Waals surface area contributed by atoms with Gasteiger partial charge in [-0.15, -0.1) is 0 Å². The maximum absolute atomic E-state index is 6.28. The lowest BCUT2D eigenvalue weighted by Crippen LogP contribution is -2.42. The third-order valence-corrected chi connectivity index (χ3v) is 4.03. The number of nitrogens with two attached hydrogens (primary N) is 1. The van der Waals surface area contributed by atoms with E-state index in [-0.39, 0.29) is 11.6 Å². The van der Waals surface area contributed by atoms with E-state index in [9.17, 15) is 0 Å². The van der Waals surface area contributed by atoms with Crippen molar-refractivity contribution >= 4 is 0 Å². The fourth-order valence-electron chi connectivity index (χ4n) is 2.82. The molecule has 2 atom stereocenters. The Hall–Kier alpha value is -1.22. The van der Waals surface area contributed by atoms with Gasteiger partial charge >= 0.3 is 0 Å². The van der Waals surface area contributed by atoms with Crippen LogP contribution in [-0.4, -0.2) is 12.7 Å². The Morgan fingerprint density at radius 1 is 1.41 bits per heavy atom. The number of hydrogen-bond acceptors (Lipinski definition) is 3. The highest BCUT2D eigenvalue weighted by Crippen LogP contribution is 2.50. The highest BCUT2D eigenvalue weighted by molar-refractivity contribution is 5.44. The van der Waals surface area contributed by atoms with E-state index in [0.29, 0.717) is 5.92 Å². The van der Waals surface area contributed by atoms with Gasteiger partial charge in [0.1, 0.15) is 17.1 Å². The zero-order chi connectivity index (χ0) is 12.0. The summed E-state index contributed by atoms with van der Waals surface area (Å²) in [5.74, 6) is 2.46. The van der Waals surface area contributed by atoms with Crippen molar-refractivity contribution in [3.63, 3.8) is 0 Å². The average Bonchev–Trinajstić information content (AvgIpc) is 3.12. The highest BCUT2D eigenvalue weighted by Gasteiger charge is 2.47. The van der Waals surface area contributed by atoms with Crippen LogP contribution in [0, 0.1) is 5.92 Å². The molecule has 3 nitrogen and oxygen atoms in total. The Morgan fingerprint density at radius 2 is 2.18 bits per heavy atom. The molecule has 0 spiro atoms. The molecule has 1 aliphatic heterocycles. The average molecular weight is 233 g/mol. The molecular weight excluding hydrogens is 214 g/mol. The van der Waals surface area contributed by atoms with Gasteiger partial charge in [-0.3, -0.25) is 0 Å². The smallest absolute Gasteiger partial charge is 0.125 e. The van der Waals surface area contributed by atoms with E-state index in [1.54, 1.807) is 7.11 Å². The third-order valence-electron chi connectivity index (χ3n) is 4.03. The quantitative estimate of drug-likeness (QED) is 0.854. The van der Waals surface area contributed by atoms with E-state index in [1.807, 2.05) is 18.2 Å². The number of methoxy groups -OCH3 is 1. The summed E-state index contributed by atoms with van der Waals surface area (Å²) < 4.78 is 11.4. The van der Waals surface area contributed by atoms with Gasteiger partial charge in [-0.2, -0.15) is 0 Å². The molecule has 0 aromatic heterocycles. The standard InChI is InChI=1S/C14H19NO2/c1-14(9-3-4-9)8-12(15)11-7-10(16-2)5-6-13(11)17-14/h5-7,9,12H,3-4,8,15H2,1-2H3/t12-,14?/m1/s1. The second kappa shape index (κ2) is 3.64. The zero-order valence-corrected chi connectivity index (χ0v) is 10.4. The lowest BCUT2D eigenvalue weighted by Gasteiger charge is -2.39. The molecule has 2 aliphatic rings. The molecule has 1 aromatic rings. The van der Waals surface area contributed by atoms with Crippen LogP contribution in [0.15, 0.2) is 18.2 Å². The Balaban J connectivity index is 1.96. The normalized spacial score (nSPS) is 31.6. The molecule has 0 amide bonds. The van der Waals surface area contributed by atoms with Gasteiger partial charge in [-0.25, -0.2) is 0 Å². The van der Waals surface area contributed by atoms with Crippen LogP contribution >= 0.6 is 0 Å². The third kappa shape index (κ3) is 1.78. The first kappa shape index (κ1) is 10.9. The van der Waals surface area contributed by atoms with E-state index >= 15 is 0 Å². The summed E-state index contributed by atoms with van der Waals surface area (Å²) >= 11 is 0. The van der Waals surface area contributed by atoms with Crippen molar-refractivity contribution in [1.29, 1.82) is 0 Å². The van der Waals surface area contributed by atoms with Crippen molar-refractivity contribution in [3.8, 4) is 11.5 Å². The predicted octanol–water partition coefficient (Wildman–Crippen LogP) is 2.65. The highest BCUT2D eigenvalue weighted by atomic mass is 16.5. The van der Waals surface area contributed by atoms with Gasteiger partial charge in [-0.1, -0.05) is 0 Å². The molecule has 1 saturated carbocycles. The summed E-state index contributed by atoms with van der Waals surface area (Å²) in [6, 6.07) is 5.96. The Bertz CT molecular complexity index is 442. The summed E-state index contributed by atoms with van der Waals surface area (Å²) in [7, 11) is 1.67. The Labute approximate surface area is 102 Å². The second-order valence-electron chi connectivity index (χ2n) is 5.40. The van der Waals surface area contributed by atoms with Crippen LogP contribution in [0.1, 0.15) is 37.8 Å². The maximum atomic E-state index is 6.28. The number of benzene rings is 1. The molecule has 1 aliphatic carbocycles. The zero-order valence-electron chi connectivity index (χ0n) is 10.4. The first-order chi connectivity index (χ1) is 8.12. The molecule has 3 rings (SSSR count). The Kier molecular flexibility index (Phi) is 2.33. The lowest BCUT2D eigenvalue weighted by molar-refractivity contribution is 0.0323. The number of ether oxygens (including phenoxy) is 2. The molecule has 0 radical (unpaired) electrons. The number of hydrogen-bond donors (Lipinski definition) is 1. The van der Waals surface area contributed by atoms with Crippen molar-refractivity contribution in [2.24, 2.45) is 11.7 Å². The number of fused-ring (bicyclic) bond motifs is 1. The SMILES string of the molecule is COc1ccc2c(c1)[C@H](N)CC(C)(C1CC1)O2. The first-order valence-corrected chi connectivity index (χ1v) is 6.25. The fourth-order valence-corrected chi connectivity index (χ4v) is 2.82. The van der Waals surface area contributed by atoms with E-state index in [1.165, 1.54) is 12.8 Å². The van der Waals surface area contributed by atoms with Crippen molar-refractivity contribution in [2.45, 2.75) is 37.8 Å². The molecule has 17 heavy (non-hydrogen) atoms. The molecule has 0 bridgehead atoms. The Morgan fingerprint density at radius 3 is 2.82 bits per heavy atom. The molecule has 2 N–H and O–H groups in total. The molecule has 1 fully saturated rings. The van der Waals surface area contributed by atoms with Gasteiger partial charge in [0.2, 0.25) is 0 Å². The maximum Gasteiger partial charge on any atom is 0.125 e. The van der Waals surface area contributed by atoms with Crippen LogP contribution in [0.3, 0.4) is 0 Å². The fraction of sp³-hybridized carbons (Fsp3) is 0.571. The largest absolute Gasteiger partial charge is 0.497 e. The van der Waals surface area contributed by atoms with Crippen LogP contribution in [-0.2, 0) is 0 Å². The molecule has 1 aromatic carbocycles. The summed E-state index contributed by atoms with van der Waals surface area (Å²) in [6.45, 7) is 2.19. The van der Waals surface area contributed by atoms with Crippen LogP contribution in [0.2, 0.25) is 0 Å². The molecule has 0 saturated heterocycles. The van der Waals surface area contributed by atoms with E-state index in [2.05, 4.69) is 6.92 Å². The summed E-state index contributed by atoms with van der Waals surface area (Å²) in [5.41, 5.74) is 7.28. The van der Waals surface area contributed by atoms with Crippen molar-refractivity contribution in [3.05, 3.63) is 23.8 Å². The number of rotatable bonds is 2. The van der Waals surface area contributed by atoms with E-state index < -0.39 is 0 Å². The van der Waals surface area contributed by atoms with Crippen molar-refractivity contribution in [2.75, 3.05) is 7.11 Å². The first-order valence-electron chi connectivity index (χ1n) is 6.25. The minimum atomic E-state index is -0.0684. The van der Waals surface area contributed by atoms with Gasteiger partial charge in [0, 0.05) is 18.0 Å². The second-order valence-corrected chi connectivity index (χ2v) is 5.40. The van der Waals surface area contributed by atoms with E-state index in [0.717, 1.165) is 23.5 Å². The van der Waals surface area contributed by atoms with Crippen LogP contribution in [0.4, 0.5) is 0 Å². The topological polar surface area (TPSA) is 44.5 Å². The van der Waals surface area contributed by atoms with Crippen LogP contribution in [0.5, 0.6) is 11.5 Å². The van der Waals surface area contributed by atoms with Crippen molar-refractivity contribution < 1.29 is 9.47 Å². The lowest BCUT2D eigenvalue weighted by atomic mass is 9.85. The minimum absolute atomic E-state index is 0.0550. The predicted molar refractivity (Wildman–Crippen MR) is 66.3 cm³/mol. The molecule has 1 unspecified atom stereocenters. The summed E-state index contributed by atoms with van der Waals surface area (Å²) in [5, 5.41) is 0. The minimum Gasteiger partial charge on any atom is -0.497 e. The molecule has 1 heterocycles. The van der Waals surface area contributed by atoms with Crippen LogP contribution < -0.4 is 15.2 Å². The van der Waals surface area contributed by atoms with Crippen LogP contribution in [0.25, 0.3) is 0 Å². The van der Waals surface area contributed by atoms with Gasteiger partial charge < -0.3 is 15.2 Å². The van der Waals surface area contributed by atoms with Gasteiger partial charge in [-0.05, 0) is 43.9 Å². The summed E-state index contributed by atoms with van der Waals surface area (Å²) in [6.07, 6.45) is 3.45.